The third-order valence-electron chi connectivity index (χ3n) is 3.67. The standard InChI is InChI=1S/C20H18ClNO4/c1-13-6-8-18(24-2)17(10-13)22-20(23)19-9-7-16(26-19)12-25-15-5-3-4-14(21)11-15/h3-11H,12H2,1-2H3,(H,22,23). The minimum Gasteiger partial charge on any atom is -0.495 e. The van der Waals surface area contributed by atoms with Crippen LogP contribution in [-0.2, 0) is 6.61 Å². The Morgan fingerprint density at radius 3 is 2.77 bits per heavy atom. The van der Waals surface area contributed by atoms with Crippen LogP contribution in [0.1, 0.15) is 21.9 Å². The van der Waals surface area contributed by atoms with E-state index in [-0.39, 0.29) is 18.3 Å². The largest absolute Gasteiger partial charge is 0.495 e. The highest BCUT2D eigenvalue weighted by Gasteiger charge is 2.14. The Labute approximate surface area is 156 Å². The van der Waals surface area contributed by atoms with Crippen molar-refractivity contribution in [1.29, 1.82) is 0 Å². The molecule has 0 spiro atoms. The molecule has 0 radical (unpaired) electrons. The number of hydrogen-bond donors (Lipinski definition) is 1. The van der Waals surface area contributed by atoms with Crippen molar-refractivity contribution in [3.63, 3.8) is 0 Å². The predicted molar refractivity (Wildman–Crippen MR) is 100 cm³/mol. The van der Waals surface area contributed by atoms with Crippen LogP contribution in [0.5, 0.6) is 11.5 Å². The Balaban J connectivity index is 1.65. The number of carbonyl (C=O) groups excluding carboxylic acids is 1. The van der Waals surface area contributed by atoms with Crippen LogP contribution in [0.4, 0.5) is 5.69 Å². The second-order valence-corrected chi connectivity index (χ2v) is 6.11. The van der Waals surface area contributed by atoms with Gasteiger partial charge in [-0.05, 0) is 55.0 Å². The van der Waals surface area contributed by atoms with Gasteiger partial charge in [-0.3, -0.25) is 4.79 Å². The summed E-state index contributed by atoms with van der Waals surface area (Å²) >= 11 is 5.92. The molecular formula is C20H18ClNO4. The molecule has 2 aromatic carbocycles. The first-order valence-corrected chi connectivity index (χ1v) is 8.36. The van der Waals surface area contributed by atoms with Crippen LogP contribution in [-0.4, -0.2) is 13.0 Å². The summed E-state index contributed by atoms with van der Waals surface area (Å²) in [6.45, 7) is 2.13. The van der Waals surface area contributed by atoms with Crippen molar-refractivity contribution in [3.8, 4) is 11.5 Å². The van der Waals surface area contributed by atoms with Crippen LogP contribution in [0.15, 0.2) is 59.0 Å². The van der Waals surface area contributed by atoms with Gasteiger partial charge < -0.3 is 19.2 Å². The Bertz CT molecular complexity index is 920. The molecule has 26 heavy (non-hydrogen) atoms. The molecule has 0 saturated heterocycles. The fourth-order valence-corrected chi connectivity index (χ4v) is 2.57. The van der Waals surface area contributed by atoms with Gasteiger partial charge in [0.05, 0.1) is 12.8 Å². The van der Waals surface area contributed by atoms with Crippen molar-refractivity contribution in [2.24, 2.45) is 0 Å². The van der Waals surface area contributed by atoms with Crippen LogP contribution in [0, 0.1) is 6.92 Å². The lowest BCUT2D eigenvalue weighted by molar-refractivity contribution is 0.0992. The van der Waals surface area contributed by atoms with E-state index in [2.05, 4.69) is 5.32 Å². The van der Waals surface area contributed by atoms with Crippen LogP contribution in [0.3, 0.4) is 0 Å². The number of methoxy groups -OCH3 is 1. The van der Waals surface area contributed by atoms with Crippen LogP contribution in [0.2, 0.25) is 5.02 Å². The number of halogens is 1. The van der Waals surface area contributed by atoms with Crippen molar-refractivity contribution >= 4 is 23.2 Å². The van der Waals surface area contributed by atoms with E-state index >= 15 is 0 Å². The van der Waals surface area contributed by atoms with E-state index in [1.165, 1.54) is 0 Å². The maximum Gasteiger partial charge on any atom is 0.291 e. The number of anilines is 1. The molecule has 1 N–H and O–H groups in total. The van der Waals surface area contributed by atoms with E-state index < -0.39 is 0 Å². The summed E-state index contributed by atoms with van der Waals surface area (Å²) in [6.07, 6.45) is 0. The number of carbonyl (C=O) groups is 1. The molecular weight excluding hydrogens is 354 g/mol. The molecule has 5 nitrogen and oxygen atoms in total. The van der Waals surface area contributed by atoms with E-state index in [0.29, 0.717) is 28.0 Å². The molecule has 3 aromatic rings. The number of benzene rings is 2. The zero-order valence-electron chi connectivity index (χ0n) is 14.4. The summed E-state index contributed by atoms with van der Waals surface area (Å²) in [5.74, 6) is 1.58. The van der Waals surface area contributed by atoms with Gasteiger partial charge in [-0.25, -0.2) is 0 Å². The van der Waals surface area contributed by atoms with E-state index in [1.54, 1.807) is 49.6 Å². The second kappa shape index (κ2) is 7.97. The third kappa shape index (κ3) is 4.37. The van der Waals surface area contributed by atoms with Gasteiger partial charge in [0.25, 0.3) is 5.91 Å². The topological polar surface area (TPSA) is 60.7 Å². The number of aryl methyl sites for hydroxylation is 1. The highest BCUT2D eigenvalue weighted by Crippen LogP contribution is 2.26. The zero-order chi connectivity index (χ0) is 18.5. The summed E-state index contributed by atoms with van der Waals surface area (Å²) in [7, 11) is 1.55. The minimum absolute atomic E-state index is 0.193. The van der Waals surface area contributed by atoms with E-state index in [0.717, 1.165) is 5.56 Å². The molecule has 6 heteroatoms. The average molecular weight is 372 g/mol. The smallest absolute Gasteiger partial charge is 0.291 e. The highest BCUT2D eigenvalue weighted by molar-refractivity contribution is 6.30. The maximum absolute atomic E-state index is 12.4. The lowest BCUT2D eigenvalue weighted by atomic mass is 10.2. The first-order valence-electron chi connectivity index (χ1n) is 7.98. The van der Waals surface area contributed by atoms with Crippen molar-refractivity contribution in [1.82, 2.24) is 0 Å². The van der Waals surface area contributed by atoms with Gasteiger partial charge in [0.15, 0.2) is 5.76 Å². The molecule has 0 saturated carbocycles. The molecule has 1 aromatic heterocycles. The van der Waals surface area contributed by atoms with Crippen molar-refractivity contribution in [3.05, 3.63) is 76.7 Å². The van der Waals surface area contributed by atoms with Crippen LogP contribution in [0.25, 0.3) is 0 Å². The maximum atomic E-state index is 12.4. The number of hydrogen-bond acceptors (Lipinski definition) is 4. The SMILES string of the molecule is COc1ccc(C)cc1NC(=O)c1ccc(COc2cccc(Cl)c2)o1. The summed E-state index contributed by atoms with van der Waals surface area (Å²) in [4.78, 5) is 12.4. The molecule has 3 rings (SSSR count). The lowest BCUT2D eigenvalue weighted by Crippen LogP contribution is -2.12. The Hall–Kier alpha value is -2.92. The Kier molecular flexibility index (Phi) is 5.49. The molecule has 0 aliphatic carbocycles. The van der Waals surface area contributed by atoms with Gasteiger partial charge >= 0.3 is 0 Å². The zero-order valence-corrected chi connectivity index (χ0v) is 15.2. The molecule has 0 fully saturated rings. The molecule has 1 heterocycles. The monoisotopic (exact) mass is 371 g/mol. The fraction of sp³-hybridized carbons (Fsp3) is 0.150. The molecule has 0 aliphatic rings. The predicted octanol–water partition coefficient (Wildman–Crippen LogP) is 5.08. The molecule has 0 unspecified atom stereocenters. The number of amides is 1. The van der Waals surface area contributed by atoms with Crippen LogP contribution >= 0.6 is 11.6 Å². The van der Waals surface area contributed by atoms with Gasteiger partial charge in [-0.15, -0.1) is 0 Å². The van der Waals surface area contributed by atoms with Crippen molar-refractivity contribution in [2.45, 2.75) is 13.5 Å². The molecule has 134 valence electrons. The van der Waals surface area contributed by atoms with Gasteiger partial charge in [-0.1, -0.05) is 23.7 Å². The van der Waals surface area contributed by atoms with Gasteiger partial charge in [-0.2, -0.15) is 0 Å². The summed E-state index contributed by atoms with van der Waals surface area (Å²) in [6, 6.07) is 15.9. The molecule has 0 aliphatic heterocycles. The molecule has 0 atom stereocenters. The first kappa shape index (κ1) is 17.9. The minimum atomic E-state index is -0.358. The first-order chi connectivity index (χ1) is 12.5. The van der Waals surface area contributed by atoms with Gasteiger partial charge in [0.1, 0.15) is 23.9 Å². The number of rotatable bonds is 6. The summed E-state index contributed by atoms with van der Waals surface area (Å²) in [5, 5.41) is 3.39. The van der Waals surface area contributed by atoms with E-state index in [9.17, 15) is 4.79 Å². The van der Waals surface area contributed by atoms with Gasteiger partial charge in [0, 0.05) is 5.02 Å². The van der Waals surface area contributed by atoms with E-state index in [1.807, 2.05) is 19.1 Å². The lowest BCUT2D eigenvalue weighted by Gasteiger charge is -2.10. The average Bonchev–Trinajstić information content (AvgIpc) is 3.09. The Morgan fingerprint density at radius 2 is 2.00 bits per heavy atom. The number of ether oxygens (including phenoxy) is 2. The summed E-state index contributed by atoms with van der Waals surface area (Å²) < 4.78 is 16.4. The van der Waals surface area contributed by atoms with Gasteiger partial charge in [0.2, 0.25) is 0 Å². The quantitative estimate of drug-likeness (QED) is 0.656. The number of furan rings is 1. The normalized spacial score (nSPS) is 10.4. The van der Waals surface area contributed by atoms with Crippen LogP contribution < -0.4 is 14.8 Å². The second-order valence-electron chi connectivity index (χ2n) is 5.67. The fourth-order valence-electron chi connectivity index (χ4n) is 2.39. The highest BCUT2D eigenvalue weighted by atomic mass is 35.5. The van der Waals surface area contributed by atoms with Crippen molar-refractivity contribution in [2.75, 3.05) is 12.4 Å². The molecule has 0 bridgehead atoms. The van der Waals surface area contributed by atoms with Crippen molar-refractivity contribution < 1.29 is 18.7 Å². The Morgan fingerprint density at radius 1 is 1.15 bits per heavy atom. The van der Waals surface area contributed by atoms with E-state index in [4.69, 9.17) is 25.5 Å². The molecule has 1 amide bonds. The number of nitrogens with one attached hydrogen (secondary N) is 1. The third-order valence-corrected chi connectivity index (χ3v) is 3.90. The summed E-state index contributed by atoms with van der Waals surface area (Å²) in [5.41, 5.74) is 1.60.